The van der Waals surface area contributed by atoms with Gasteiger partial charge in [0, 0.05) is 36.4 Å². The van der Waals surface area contributed by atoms with Crippen molar-refractivity contribution < 1.29 is 33.9 Å². The summed E-state index contributed by atoms with van der Waals surface area (Å²) in [5, 5.41) is 24.9. The van der Waals surface area contributed by atoms with Crippen molar-refractivity contribution in [2.24, 2.45) is 5.92 Å². The van der Waals surface area contributed by atoms with Gasteiger partial charge in [0.05, 0.1) is 22.8 Å². The Morgan fingerprint density at radius 2 is 1.51 bits per heavy atom. The van der Waals surface area contributed by atoms with Gasteiger partial charge in [-0.2, -0.15) is 0 Å². The summed E-state index contributed by atoms with van der Waals surface area (Å²) in [6, 6.07) is 20.2. The molecule has 12 heteroatoms. The minimum Gasteiger partial charge on any atom is -0.461 e. The number of non-ortho nitro benzene ring substituents is 1. The first-order chi connectivity index (χ1) is 22.3. The Bertz CT molecular complexity index is 1640. The highest BCUT2D eigenvalue weighted by atomic mass is 16.6. The van der Waals surface area contributed by atoms with Gasteiger partial charge in [-0.3, -0.25) is 29.4 Å². The van der Waals surface area contributed by atoms with E-state index in [1.807, 2.05) is 0 Å². The molecule has 0 spiro atoms. The third kappa shape index (κ3) is 7.72. The fourth-order valence-electron chi connectivity index (χ4n) is 5.49. The van der Waals surface area contributed by atoms with Gasteiger partial charge in [0.1, 0.15) is 6.04 Å². The first-order valence-corrected chi connectivity index (χ1v) is 15.2. The maximum absolute atomic E-state index is 14.7. The number of amides is 3. The molecule has 0 saturated carbocycles. The number of rotatable bonds is 11. The molecule has 3 aromatic carbocycles. The Hall–Kier alpha value is -5.36. The van der Waals surface area contributed by atoms with E-state index in [1.54, 1.807) is 88.4 Å². The normalized spacial score (nSPS) is 16.0. The molecule has 0 fully saturated rings. The summed E-state index contributed by atoms with van der Waals surface area (Å²) < 4.78 is 5.33. The summed E-state index contributed by atoms with van der Waals surface area (Å²) in [5.74, 6) is -3.32. The third-order valence-electron chi connectivity index (χ3n) is 7.61. The number of benzene rings is 3. The van der Waals surface area contributed by atoms with Gasteiger partial charge in [0.2, 0.25) is 5.91 Å². The van der Waals surface area contributed by atoms with Crippen LogP contribution in [0.25, 0.3) is 5.70 Å². The molecular formula is C35H38N4O8. The molecule has 1 aliphatic heterocycles. The number of ether oxygens (including phenoxy) is 1. The molecule has 1 N–H and O–H groups in total. The van der Waals surface area contributed by atoms with E-state index in [9.17, 15) is 34.4 Å². The average Bonchev–Trinajstić information content (AvgIpc) is 3.04. The second-order valence-electron chi connectivity index (χ2n) is 11.8. The molecule has 3 atom stereocenters. The summed E-state index contributed by atoms with van der Waals surface area (Å²) in [4.78, 5) is 67.4. The van der Waals surface area contributed by atoms with E-state index in [-0.39, 0.29) is 23.4 Å². The number of hydrogen-bond acceptors (Lipinski definition) is 8. The molecule has 246 valence electrons. The number of hydrogen-bond donors (Lipinski definition) is 1. The molecule has 0 aliphatic carbocycles. The first-order valence-electron chi connectivity index (χ1n) is 15.2. The van der Waals surface area contributed by atoms with Gasteiger partial charge in [0.25, 0.3) is 17.5 Å². The van der Waals surface area contributed by atoms with E-state index in [1.165, 1.54) is 42.3 Å². The predicted molar refractivity (Wildman–Crippen MR) is 173 cm³/mol. The van der Waals surface area contributed by atoms with Gasteiger partial charge in [0.15, 0.2) is 6.10 Å². The molecule has 3 amide bonds. The number of aliphatic hydroxyl groups excluding tert-OH is 1. The van der Waals surface area contributed by atoms with Crippen LogP contribution in [0.4, 0.5) is 5.69 Å². The zero-order valence-corrected chi connectivity index (χ0v) is 26.8. The molecule has 1 heterocycles. The van der Waals surface area contributed by atoms with Crippen molar-refractivity contribution in [3.63, 3.8) is 0 Å². The quantitative estimate of drug-likeness (QED) is 0.181. The van der Waals surface area contributed by atoms with Crippen molar-refractivity contribution in [2.75, 3.05) is 0 Å². The Morgan fingerprint density at radius 1 is 0.936 bits per heavy atom. The number of carbonyl (C=O) groups excluding carboxylic acids is 4. The topological polar surface area (TPSA) is 151 Å². The molecule has 0 saturated heterocycles. The lowest BCUT2D eigenvalue weighted by molar-refractivity contribution is -0.384. The number of aliphatic hydroxyl groups is 1. The van der Waals surface area contributed by atoms with Crippen molar-refractivity contribution in [1.82, 2.24) is 14.9 Å². The maximum Gasteiger partial charge on any atom is 0.337 e. The fraction of sp³-hybridized carbons (Fsp3) is 0.314. The van der Waals surface area contributed by atoms with Crippen LogP contribution in [-0.2, 0) is 25.5 Å². The van der Waals surface area contributed by atoms with E-state index in [0.717, 1.165) is 10.0 Å². The van der Waals surface area contributed by atoms with Crippen molar-refractivity contribution in [1.29, 1.82) is 0 Å². The Labute approximate surface area is 273 Å². The van der Waals surface area contributed by atoms with Crippen LogP contribution in [0.5, 0.6) is 0 Å². The summed E-state index contributed by atoms with van der Waals surface area (Å²) >= 11 is 0. The zero-order valence-electron chi connectivity index (χ0n) is 26.8. The van der Waals surface area contributed by atoms with Gasteiger partial charge in [-0.05, 0) is 43.9 Å². The fourth-order valence-corrected chi connectivity index (χ4v) is 5.49. The van der Waals surface area contributed by atoms with Crippen molar-refractivity contribution in [3.05, 3.63) is 118 Å². The summed E-state index contributed by atoms with van der Waals surface area (Å²) in [5.41, 5.74) is 1.21. The second kappa shape index (κ2) is 14.8. The van der Waals surface area contributed by atoms with E-state index >= 15 is 0 Å². The molecule has 4 rings (SSSR count). The lowest BCUT2D eigenvalue weighted by atomic mass is 9.96. The van der Waals surface area contributed by atoms with Crippen molar-refractivity contribution in [3.8, 4) is 0 Å². The van der Waals surface area contributed by atoms with E-state index in [0.29, 0.717) is 11.1 Å². The van der Waals surface area contributed by atoms with Crippen LogP contribution < -0.4 is 0 Å². The number of carbonyl (C=O) groups is 4. The lowest BCUT2D eigenvalue weighted by Gasteiger charge is -2.47. The summed E-state index contributed by atoms with van der Waals surface area (Å²) in [7, 11) is 0. The molecular weight excluding hydrogens is 604 g/mol. The number of nitro groups is 1. The smallest absolute Gasteiger partial charge is 0.337 e. The Balaban J connectivity index is 1.92. The average molecular weight is 643 g/mol. The predicted octanol–water partition coefficient (Wildman–Crippen LogP) is 4.59. The van der Waals surface area contributed by atoms with Crippen LogP contribution in [0.1, 0.15) is 56.1 Å². The van der Waals surface area contributed by atoms with E-state index < -0.39 is 58.8 Å². The minimum absolute atomic E-state index is 0.0155. The molecule has 3 aromatic rings. The van der Waals surface area contributed by atoms with Gasteiger partial charge in [-0.15, -0.1) is 0 Å². The summed E-state index contributed by atoms with van der Waals surface area (Å²) in [6.07, 6.45) is -0.956. The van der Waals surface area contributed by atoms with Crippen LogP contribution in [0.2, 0.25) is 0 Å². The van der Waals surface area contributed by atoms with Crippen LogP contribution >= 0.6 is 0 Å². The lowest BCUT2D eigenvalue weighted by Crippen LogP contribution is -2.64. The monoisotopic (exact) mass is 642 g/mol. The van der Waals surface area contributed by atoms with Crippen LogP contribution in [0.15, 0.2) is 91.1 Å². The maximum atomic E-state index is 14.7. The van der Waals surface area contributed by atoms with Gasteiger partial charge >= 0.3 is 5.97 Å². The zero-order chi connectivity index (χ0) is 34.4. The Kier molecular flexibility index (Phi) is 10.9. The highest BCUT2D eigenvalue weighted by Gasteiger charge is 2.47. The number of esters is 1. The van der Waals surface area contributed by atoms with Crippen molar-refractivity contribution in [2.45, 2.75) is 65.3 Å². The first kappa shape index (κ1) is 34.5. The summed E-state index contributed by atoms with van der Waals surface area (Å²) in [6.45, 7) is 7.98. The van der Waals surface area contributed by atoms with Crippen LogP contribution in [0, 0.1) is 16.0 Å². The molecule has 0 aromatic heterocycles. The number of hydrazine groups is 1. The molecule has 2 unspecified atom stereocenters. The molecule has 0 bridgehead atoms. The highest BCUT2D eigenvalue weighted by molar-refractivity contribution is 6.03. The van der Waals surface area contributed by atoms with Crippen LogP contribution in [-0.4, -0.2) is 72.9 Å². The van der Waals surface area contributed by atoms with Gasteiger partial charge in [-0.25, -0.2) is 14.8 Å². The van der Waals surface area contributed by atoms with Crippen LogP contribution in [0.3, 0.4) is 0 Å². The minimum atomic E-state index is -1.84. The molecule has 47 heavy (non-hydrogen) atoms. The van der Waals surface area contributed by atoms with Gasteiger partial charge in [-0.1, -0.05) is 74.5 Å². The van der Waals surface area contributed by atoms with E-state index in [2.05, 4.69) is 0 Å². The largest absolute Gasteiger partial charge is 0.461 e. The van der Waals surface area contributed by atoms with E-state index in [4.69, 9.17) is 4.74 Å². The number of nitro benzene ring substituents is 1. The molecule has 1 aliphatic rings. The standard InChI is InChI=1S/C35H38N4O8/c1-22(2)31-34(43)38(37(24(5)40)29(20-25-12-8-6-9-13-25)32(41)35(44)47-23(3)4)30(26-14-10-7-11-15-26)21-36(31)33(42)27-16-18-28(19-17-27)39(45)46/h6-19,21-23,29,31-32,41H,20H2,1-5H3/t29-,31?,32?/m0/s1. The highest BCUT2D eigenvalue weighted by Crippen LogP contribution is 2.34. The molecule has 12 nitrogen and oxygen atoms in total. The van der Waals surface area contributed by atoms with Gasteiger partial charge < -0.3 is 9.84 Å². The third-order valence-corrected chi connectivity index (χ3v) is 7.61. The molecule has 0 radical (unpaired) electrons. The second-order valence-corrected chi connectivity index (χ2v) is 11.8. The SMILES string of the molecule is CC(=O)N([C@@H](Cc1ccccc1)C(O)C(=O)OC(C)C)N1C(=O)C(C(C)C)N(C(=O)c2ccc([N+](=O)[O-])cc2)C=C1c1ccccc1. The van der Waals surface area contributed by atoms with Crippen molar-refractivity contribution >= 4 is 35.1 Å². The number of nitrogens with zero attached hydrogens (tertiary/aromatic N) is 4. The Morgan fingerprint density at radius 3 is 2.02 bits per heavy atom.